The van der Waals surface area contributed by atoms with Crippen LogP contribution in [0.15, 0.2) is 95.7 Å². The maximum absolute atomic E-state index is 12.4. The Labute approximate surface area is 178 Å². The van der Waals surface area contributed by atoms with Crippen molar-refractivity contribution in [3.8, 4) is 11.4 Å². The number of nitrogens with zero attached hydrogens (tertiary/aromatic N) is 2. The molecule has 4 aromatic rings. The molecule has 0 N–H and O–H groups in total. The van der Waals surface area contributed by atoms with Gasteiger partial charge >= 0.3 is 5.69 Å². The van der Waals surface area contributed by atoms with Crippen LogP contribution in [0.4, 0.5) is 5.69 Å². The molecule has 0 saturated carbocycles. The van der Waals surface area contributed by atoms with Crippen molar-refractivity contribution in [1.82, 2.24) is 4.57 Å². The zero-order valence-electron chi connectivity index (χ0n) is 16.4. The number of ether oxygens (including phenoxy) is 1. The van der Waals surface area contributed by atoms with E-state index >= 15 is 0 Å². The minimum atomic E-state index is -0.498. The number of rotatable bonds is 8. The van der Waals surface area contributed by atoms with Crippen molar-refractivity contribution in [3.05, 3.63) is 118 Å². The molecule has 154 valence electrons. The summed E-state index contributed by atoms with van der Waals surface area (Å²) in [6.45, 7) is 0.0352. The van der Waals surface area contributed by atoms with Gasteiger partial charge in [-0.15, -0.1) is 0 Å². The highest BCUT2D eigenvalue weighted by Crippen LogP contribution is 2.27. The smallest absolute Gasteiger partial charge is 0.310 e. The first-order valence-electron chi connectivity index (χ1n) is 9.51. The quantitative estimate of drug-likeness (QED) is 0.165. The number of nitro benzene ring substituents is 1. The summed E-state index contributed by atoms with van der Waals surface area (Å²) < 4.78 is 13.1. The third kappa shape index (κ3) is 4.79. The maximum atomic E-state index is 12.4. The lowest BCUT2D eigenvalue weighted by Crippen LogP contribution is -1.98. The molecule has 31 heavy (non-hydrogen) atoms. The van der Waals surface area contributed by atoms with Crippen molar-refractivity contribution in [1.29, 1.82) is 0 Å². The molecule has 2 aromatic carbocycles. The van der Waals surface area contributed by atoms with E-state index in [1.54, 1.807) is 42.5 Å². The van der Waals surface area contributed by atoms with Crippen molar-refractivity contribution < 1.29 is 18.9 Å². The molecule has 2 aromatic heterocycles. The van der Waals surface area contributed by atoms with Crippen LogP contribution in [-0.4, -0.2) is 15.3 Å². The Morgan fingerprint density at radius 2 is 1.74 bits per heavy atom. The topological polar surface area (TPSA) is 87.5 Å². The summed E-state index contributed by atoms with van der Waals surface area (Å²) >= 11 is 0. The second-order valence-electron chi connectivity index (χ2n) is 6.65. The molecule has 0 bridgehead atoms. The highest BCUT2D eigenvalue weighted by atomic mass is 16.6. The fourth-order valence-corrected chi connectivity index (χ4v) is 3.00. The number of hydrogen-bond acceptors (Lipinski definition) is 5. The molecule has 0 spiro atoms. The van der Waals surface area contributed by atoms with E-state index in [1.165, 1.54) is 18.2 Å². The Bertz CT molecular complexity index is 1220. The monoisotopic (exact) mass is 414 g/mol. The van der Waals surface area contributed by atoms with Crippen LogP contribution >= 0.6 is 0 Å². The molecule has 0 saturated heterocycles. The summed E-state index contributed by atoms with van der Waals surface area (Å²) in [5.74, 6) is 0.993. The SMILES string of the molecule is O=C(/C=C/c1ccc(COc2ccccc2[N+](=O)[O-])o1)c1ccc(-n2cccc2)cc1. The molecule has 0 atom stereocenters. The van der Waals surface area contributed by atoms with E-state index in [-0.39, 0.29) is 23.8 Å². The number of allylic oxidation sites excluding steroid dienone is 1. The second kappa shape index (κ2) is 8.96. The Balaban J connectivity index is 1.37. The van der Waals surface area contributed by atoms with Crippen LogP contribution in [0.5, 0.6) is 5.75 Å². The number of furan rings is 1. The maximum Gasteiger partial charge on any atom is 0.310 e. The molecule has 0 aliphatic heterocycles. The van der Waals surface area contributed by atoms with E-state index in [1.807, 2.05) is 41.2 Å². The molecule has 0 amide bonds. The van der Waals surface area contributed by atoms with Gasteiger partial charge in [0, 0.05) is 29.7 Å². The van der Waals surface area contributed by atoms with E-state index in [9.17, 15) is 14.9 Å². The van der Waals surface area contributed by atoms with Gasteiger partial charge in [0.1, 0.15) is 18.1 Å². The molecule has 0 unspecified atom stereocenters. The van der Waals surface area contributed by atoms with Gasteiger partial charge in [0.2, 0.25) is 0 Å². The second-order valence-corrected chi connectivity index (χ2v) is 6.65. The van der Waals surface area contributed by atoms with Gasteiger partial charge in [-0.2, -0.15) is 0 Å². The van der Waals surface area contributed by atoms with Crippen LogP contribution < -0.4 is 4.74 Å². The van der Waals surface area contributed by atoms with E-state index in [0.717, 1.165) is 5.69 Å². The zero-order chi connectivity index (χ0) is 21.6. The zero-order valence-corrected chi connectivity index (χ0v) is 16.4. The van der Waals surface area contributed by atoms with Gasteiger partial charge in [0.15, 0.2) is 11.5 Å². The van der Waals surface area contributed by atoms with E-state index in [4.69, 9.17) is 9.15 Å². The number of carbonyl (C=O) groups excluding carboxylic acids is 1. The summed E-state index contributed by atoms with van der Waals surface area (Å²) in [4.78, 5) is 23.0. The first kappa shape index (κ1) is 19.9. The molecule has 7 heteroatoms. The first-order chi connectivity index (χ1) is 15.1. The predicted molar refractivity (Wildman–Crippen MR) is 115 cm³/mol. The van der Waals surface area contributed by atoms with Crippen molar-refractivity contribution in [3.63, 3.8) is 0 Å². The Morgan fingerprint density at radius 1 is 1.00 bits per heavy atom. The number of ketones is 1. The molecular weight excluding hydrogens is 396 g/mol. The standard InChI is InChI=1S/C24H18N2O5/c27-23(18-7-9-19(10-8-18)25-15-3-4-16-25)14-13-20-11-12-21(31-20)17-30-24-6-2-1-5-22(24)26(28)29/h1-16H,17H2/b14-13+. The Kier molecular flexibility index (Phi) is 5.75. The van der Waals surface area contributed by atoms with E-state index in [2.05, 4.69) is 0 Å². The number of nitro groups is 1. The summed E-state index contributed by atoms with van der Waals surface area (Å²) in [6, 6.07) is 20.7. The van der Waals surface area contributed by atoms with Gasteiger partial charge in [-0.3, -0.25) is 14.9 Å². The van der Waals surface area contributed by atoms with Gasteiger partial charge in [-0.25, -0.2) is 0 Å². The number of hydrogen-bond donors (Lipinski definition) is 0. The summed E-state index contributed by atoms with van der Waals surface area (Å²) in [5.41, 5.74) is 1.43. The highest BCUT2D eigenvalue weighted by molar-refractivity contribution is 6.06. The molecule has 0 fully saturated rings. The Morgan fingerprint density at radius 3 is 2.48 bits per heavy atom. The van der Waals surface area contributed by atoms with Crippen LogP contribution in [-0.2, 0) is 6.61 Å². The van der Waals surface area contributed by atoms with Gasteiger partial charge in [-0.1, -0.05) is 12.1 Å². The molecule has 0 radical (unpaired) electrons. The van der Waals surface area contributed by atoms with Crippen LogP contribution in [0.25, 0.3) is 11.8 Å². The Hall–Kier alpha value is -4.39. The van der Waals surface area contributed by atoms with E-state index < -0.39 is 4.92 Å². The molecule has 4 rings (SSSR count). The predicted octanol–water partition coefficient (Wildman–Crippen LogP) is 5.45. The van der Waals surface area contributed by atoms with Crippen LogP contribution in [0.2, 0.25) is 0 Å². The van der Waals surface area contributed by atoms with Crippen molar-refractivity contribution in [2.45, 2.75) is 6.61 Å². The van der Waals surface area contributed by atoms with Gasteiger partial charge < -0.3 is 13.7 Å². The van der Waals surface area contributed by atoms with E-state index in [0.29, 0.717) is 17.1 Å². The van der Waals surface area contributed by atoms with Crippen LogP contribution in [0, 0.1) is 10.1 Å². The van der Waals surface area contributed by atoms with Crippen LogP contribution in [0.3, 0.4) is 0 Å². The third-order valence-electron chi connectivity index (χ3n) is 4.57. The number of carbonyl (C=O) groups is 1. The van der Waals surface area contributed by atoms with Crippen LogP contribution in [0.1, 0.15) is 21.9 Å². The largest absolute Gasteiger partial charge is 0.479 e. The van der Waals surface area contributed by atoms with Crippen molar-refractivity contribution in [2.24, 2.45) is 0 Å². The first-order valence-corrected chi connectivity index (χ1v) is 9.51. The van der Waals surface area contributed by atoms with Gasteiger partial charge in [-0.05, 0) is 66.7 Å². The minimum absolute atomic E-state index is 0.0352. The lowest BCUT2D eigenvalue weighted by Gasteiger charge is -2.04. The summed E-state index contributed by atoms with van der Waals surface area (Å²) in [6.07, 6.45) is 6.89. The average molecular weight is 414 g/mol. The summed E-state index contributed by atoms with van der Waals surface area (Å²) in [5, 5.41) is 11.0. The lowest BCUT2D eigenvalue weighted by atomic mass is 10.1. The minimum Gasteiger partial charge on any atom is -0.479 e. The number of aromatic nitrogens is 1. The number of benzene rings is 2. The summed E-state index contributed by atoms with van der Waals surface area (Å²) in [7, 11) is 0. The molecule has 2 heterocycles. The number of para-hydroxylation sites is 2. The molecule has 7 nitrogen and oxygen atoms in total. The van der Waals surface area contributed by atoms with Crippen molar-refractivity contribution in [2.75, 3.05) is 0 Å². The van der Waals surface area contributed by atoms with Gasteiger partial charge in [0.05, 0.1) is 4.92 Å². The highest BCUT2D eigenvalue weighted by Gasteiger charge is 2.14. The molecular formula is C24H18N2O5. The molecule has 0 aliphatic carbocycles. The fraction of sp³-hybridized carbons (Fsp3) is 0.0417. The van der Waals surface area contributed by atoms with Crippen molar-refractivity contribution >= 4 is 17.5 Å². The lowest BCUT2D eigenvalue weighted by molar-refractivity contribution is -0.386. The average Bonchev–Trinajstić information content (AvgIpc) is 3.49. The third-order valence-corrected chi connectivity index (χ3v) is 4.57. The molecule has 0 aliphatic rings. The van der Waals surface area contributed by atoms with Gasteiger partial charge in [0.25, 0.3) is 0 Å². The fourth-order valence-electron chi connectivity index (χ4n) is 3.00. The normalized spacial score (nSPS) is 11.0.